The number of para-hydroxylation sites is 2. The number of hydrogen-bond donors (Lipinski definition) is 1. The molecule has 0 saturated carbocycles. The molecule has 1 atom stereocenters. The second-order valence-electron chi connectivity index (χ2n) is 5.10. The van der Waals surface area contributed by atoms with Gasteiger partial charge in [-0.15, -0.1) is 0 Å². The Labute approximate surface area is 118 Å². The van der Waals surface area contributed by atoms with Crippen LogP contribution >= 0.6 is 0 Å². The highest BCUT2D eigenvalue weighted by Gasteiger charge is 2.31. The molecule has 3 rings (SSSR count). The Morgan fingerprint density at radius 3 is 2.75 bits per heavy atom. The Balaban J connectivity index is 1.96. The second kappa shape index (κ2) is 5.00. The van der Waals surface area contributed by atoms with Crippen molar-refractivity contribution in [1.82, 2.24) is 0 Å². The van der Waals surface area contributed by atoms with Gasteiger partial charge in [0.2, 0.25) is 5.91 Å². The quantitative estimate of drug-likeness (QED) is 0.926. The summed E-state index contributed by atoms with van der Waals surface area (Å²) >= 11 is 0. The molecule has 1 heterocycles. The van der Waals surface area contributed by atoms with Crippen LogP contribution in [0.4, 0.5) is 5.69 Å². The third-order valence-electron chi connectivity index (χ3n) is 3.86. The number of ether oxygens (including phenoxy) is 1. The molecule has 0 fully saturated rings. The number of carbonyl (C=O) groups is 1. The highest BCUT2D eigenvalue weighted by atomic mass is 16.5. The standard InChI is InChI=1S/C17H17NO2/c1-11-6-5-8-13-14(17(19)18-16(11)13)10-12-7-3-4-9-15(12)20-2/h3-9,14H,10H2,1-2H3,(H,18,19)/t14-/m0/s1. The van der Waals surface area contributed by atoms with E-state index in [-0.39, 0.29) is 11.8 Å². The molecule has 3 heteroatoms. The molecule has 1 amide bonds. The topological polar surface area (TPSA) is 38.3 Å². The fraction of sp³-hybridized carbons (Fsp3) is 0.235. The maximum atomic E-state index is 12.2. The summed E-state index contributed by atoms with van der Waals surface area (Å²) < 4.78 is 5.37. The first-order valence-electron chi connectivity index (χ1n) is 6.73. The van der Waals surface area contributed by atoms with Crippen molar-refractivity contribution in [2.24, 2.45) is 0 Å². The van der Waals surface area contributed by atoms with E-state index in [1.165, 1.54) is 0 Å². The minimum Gasteiger partial charge on any atom is -0.496 e. The van der Waals surface area contributed by atoms with Gasteiger partial charge in [0.25, 0.3) is 0 Å². The molecule has 102 valence electrons. The first-order chi connectivity index (χ1) is 9.70. The molecule has 2 aromatic rings. The minimum absolute atomic E-state index is 0.0696. The zero-order valence-corrected chi connectivity index (χ0v) is 11.6. The zero-order valence-electron chi connectivity index (χ0n) is 11.6. The summed E-state index contributed by atoms with van der Waals surface area (Å²) in [5, 5.41) is 2.99. The van der Waals surface area contributed by atoms with Crippen LogP contribution in [0.2, 0.25) is 0 Å². The lowest BCUT2D eigenvalue weighted by Crippen LogP contribution is -2.14. The Hall–Kier alpha value is -2.29. The lowest BCUT2D eigenvalue weighted by Gasteiger charge is -2.12. The van der Waals surface area contributed by atoms with Crippen molar-refractivity contribution in [3.63, 3.8) is 0 Å². The van der Waals surface area contributed by atoms with E-state index in [0.717, 1.165) is 28.1 Å². The van der Waals surface area contributed by atoms with E-state index in [0.29, 0.717) is 6.42 Å². The second-order valence-corrected chi connectivity index (χ2v) is 5.10. The zero-order chi connectivity index (χ0) is 14.1. The molecule has 20 heavy (non-hydrogen) atoms. The predicted octanol–water partition coefficient (Wildman–Crippen LogP) is 3.28. The number of nitrogens with one attached hydrogen (secondary N) is 1. The van der Waals surface area contributed by atoms with Crippen LogP contribution in [0.25, 0.3) is 0 Å². The van der Waals surface area contributed by atoms with Gasteiger partial charge in [-0.2, -0.15) is 0 Å². The lowest BCUT2D eigenvalue weighted by molar-refractivity contribution is -0.117. The van der Waals surface area contributed by atoms with Gasteiger partial charge < -0.3 is 10.1 Å². The molecule has 0 unspecified atom stereocenters. The van der Waals surface area contributed by atoms with Crippen molar-refractivity contribution >= 4 is 11.6 Å². The summed E-state index contributed by atoms with van der Waals surface area (Å²) in [6.07, 6.45) is 0.659. The van der Waals surface area contributed by atoms with Crippen molar-refractivity contribution in [3.05, 3.63) is 59.2 Å². The summed E-state index contributed by atoms with van der Waals surface area (Å²) in [5.74, 6) is 0.766. The third-order valence-corrected chi connectivity index (χ3v) is 3.86. The number of rotatable bonds is 3. The molecular formula is C17H17NO2. The van der Waals surface area contributed by atoms with Gasteiger partial charge >= 0.3 is 0 Å². The lowest BCUT2D eigenvalue weighted by atomic mass is 9.92. The van der Waals surface area contributed by atoms with Crippen LogP contribution in [-0.2, 0) is 11.2 Å². The van der Waals surface area contributed by atoms with Gasteiger partial charge in [-0.25, -0.2) is 0 Å². The van der Waals surface area contributed by atoms with Crippen molar-refractivity contribution in [2.45, 2.75) is 19.3 Å². The minimum atomic E-state index is -0.138. The molecule has 1 aliphatic rings. The van der Waals surface area contributed by atoms with E-state index in [1.54, 1.807) is 7.11 Å². The van der Waals surface area contributed by atoms with E-state index >= 15 is 0 Å². The normalized spacial score (nSPS) is 16.7. The Bertz CT molecular complexity index is 664. The number of fused-ring (bicyclic) bond motifs is 1. The van der Waals surface area contributed by atoms with Gasteiger partial charge in [0.15, 0.2) is 0 Å². The van der Waals surface area contributed by atoms with Crippen LogP contribution in [0.5, 0.6) is 5.75 Å². The van der Waals surface area contributed by atoms with Crippen LogP contribution < -0.4 is 10.1 Å². The Morgan fingerprint density at radius 2 is 1.95 bits per heavy atom. The molecule has 3 nitrogen and oxygen atoms in total. The van der Waals surface area contributed by atoms with Crippen molar-refractivity contribution in [3.8, 4) is 5.75 Å². The smallest absolute Gasteiger partial charge is 0.232 e. The molecule has 0 spiro atoms. The first-order valence-corrected chi connectivity index (χ1v) is 6.73. The van der Waals surface area contributed by atoms with Crippen molar-refractivity contribution < 1.29 is 9.53 Å². The molecule has 0 saturated heterocycles. The van der Waals surface area contributed by atoms with E-state index < -0.39 is 0 Å². The van der Waals surface area contributed by atoms with Crippen LogP contribution in [0.1, 0.15) is 22.6 Å². The molecular weight excluding hydrogens is 250 g/mol. The molecule has 0 radical (unpaired) electrons. The maximum Gasteiger partial charge on any atom is 0.232 e. The van der Waals surface area contributed by atoms with Crippen LogP contribution in [0, 0.1) is 6.92 Å². The number of amides is 1. The molecule has 1 aliphatic heterocycles. The van der Waals surface area contributed by atoms with Gasteiger partial charge in [-0.3, -0.25) is 4.79 Å². The molecule has 0 aliphatic carbocycles. The highest BCUT2D eigenvalue weighted by molar-refractivity contribution is 6.03. The number of carbonyl (C=O) groups excluding carboxylic acids is 1. The van der Waals surface area contributed by atoms with E-state index in [2.05, 4.69) is 5.32 Å². The molecule has 2 aromatic carbocycles. The Morgan fingerprint density at radius 1 is 1.15 bits per heavy atom. The fourth-order valence-corrected chi connectivity index (χ4v) is 2.80. The average molecular weight is 267 g/mol. The van der Waals surface area contributed by atoms with Gasteiger partial charge in [-0.1, -0.05) is 36.4 Å². The summed E-state index contributed by atoms with van der Waals surface area (Å²) in [6.45, 7) is 2.02. The van der Waals surface area contributed by atoms with E-state index in [1.807, 2.05) is 49.4 Å². The third kappa shape index (κ3) is 2.05. The Kier molecular flexibility index (Phi) is 3.18. The van der Waals surface area contributed by atoms with Gasteiger partial charge in [0.05, 0.1) is 13.0 Å². The first kappa shape index (κ1) is 12.7. The van der Waals surface area contributed by atoms with E-state index in [9.17, 15) is 4.79 Å². The monoisotopic (exact) mass is 267 g/mol. The fourth-order valence-electron chi connectivity index (χ4n) is 2.80. The molecule has 1 N–H and O–H groups in total. The van der Waals surface area contributed by atoms with Gasteiger partial charge in [0, 0.05) is 5.69 Å². The van der Waals surface area contributed by atoms with Crippen molar-refractivity contribution in [1.29, 1.82) is 0 Å². The number of methoxy groups -OCH3 is 1. The number of hydrogen-bond acceptors (Lipinski definition) is 2. The molecule has 0 bridgehead atoms. The van der Waals surface area contributed by atoms with E-state index in [4.69, 9.17) is 4.74 Å². The number of benzene rings is 2. The summed E-state index contributed by atoms with van der Waals surface area (Å²) in [6, 6.07) is 13.9. The SMILES string of the molecule is COc1ccccc1C[C@@H]1C(=O)Nc2c(C)cccc21. The highest BCUT2D eigenvalue weighted by Crippen LogP contribution is 2.37. The van der Waals surface area contributed by atoms with Crippen LogP contribution in [-0.4, -0.2) is 13.0 Å². The predicted molar refractivity (Wildman–Crippen MR) is 79.2 cm³/mol. The van der Waals surface area contributed by atoms with Gasteiger partial charge in [-0.05, 0) is 36.1 Å². The average Bonchev–Trinajstić information content (AvgIpc) is 2.78. The number of anilines is 1. The largest absolute Gasteiger partial charge is 0.496 e. The maximum absolute atomic E-state index is 12.2. The summed E-state index contributed by atoms with van der Waals surface area (Å²) in [4.78, 5) is 12.2. The molecule has 0 aromatic heterocycles. The summed E-state index contributed by atoms with van der Waals surface area (Å²) in [5.41, 5.74) is 4.22. The van der Waals surface area contributed by atoms with Crippen LogP contribution in [0.3, 0.4) is 0 Å². The van der Waals surface area contributed by atoms with Crippen molar-refractivity contribution in [2.75, 3.05) is 12.4 Å². The van der Waals surface area contributed by atoms with Gasteiger partial charge in [0.1, 0.15) is 5.75 Å². The summed E-state index contributed by atoms with van der Waals surface area (Å²) in [7, 11) is 1.66. The van der Waals surface area contributed by atoms with Crippen LogP contribution in [0.15, 0.2) is 42.5 Å². The number of aryl methyl sites for hydroxylation is 1.